The molecule has 130 valence electrons. The van der Waals surface area contributed by atoms with E-state index in [1.807, 2.05) is 43.3 Å². The normalized spacial score (nSPS) is 16.9. The number of carbonyl (C=O) groups is 1. The van der Waals surface area contributed by atoms with Crippen LogP contribution < -0.4 is 4.74 Å². The Morgan fingerprint density at radius 1 is 1.19 bits per heavy atom. The summed E-state index contributed by atoms with van der Waals surface area (Å²) in [6.45, 7) is 1.81. The first-order chi connectivity index (χ1) is 12.6. The number of nitriles is 1. The quantitative estimate of drug-likeness (QED) is 0.817. The van der Waals surface area contributed by atoms with Gasteiger partial charge in [-0.25, -0.2) is 0 Å². The molecule has 3 rings (SSSR count). The van der Waals surface area contributed by atoms with E-state index >= 15 is 0 Å². The molecule has 0 N–H and O–H groups in total. The summed E-state index contributed by atoms with van der Waals surface area (Å²) in [5.74, 6) is -0.0362. The first-order valence-electron chi connectivity index (χ1n) is 8.52. The highest BCUT2D eigenvalue weighted by Crippen LogP contribution is 2.34. The van der Waals surface area contributed by atoms with Gasteiger partial charge in [-0.2, -0.15) is 5.26 Å². The van der Waals surface area contributed by atoms with Gasteiger partial charge in [-0.3, -0.25) is 9.78 Å². The molecule has 1 aliphatic rings. The molecule has 2 aromatic rings. The maximum absolute atomic E-state index is 12.7. The Kier molecular flexibility index (Phi) is 5.28. The summed E-state index contributed by atoms with van der Waals surface area (Å²) in [5.41, 5.74) is 4.43. The van der Waals surface area contributed by atoms with Gasteiger partial charge in [0.05, 0.1) is 13.2 Å². The average Bonchev–Trinajstić information content (AvgIpc) is 2.69. The summed E-state index contributed by atoms with van der Waals surface area (Å²) < 4.78 is 5.27. The lowest BCUT2D eigenvalue weighted by Crippen LogP contribution is -2.21. The zero-order chi connectivity index (χ0) is 18.5. The summed E-state index contributed by atoms with van der Waals surface area (Å²) in [7, 11) is 1.65. The second-order valence-corrected chi connectivity index (χ2v) is 6.26. The number of hydrogen-bond donors (Lipinski definition) is 0. The van der Waals surface area contributed by atoms with E-state index < -0.39 is 5.92 Å². The molecule has 1 aromatic heterocycles. The van der Waals surface area contributed by atoms with Gasteiger partial charge in [0.2, 0.25) is 0 Å². The lowest BCUT2D eigenvalue weighted by molar-refractivity contribution is -0.116. The number of methoxy groups -OCH3 is 1. The van der Waals surface area contributed by atoms with E-state index in [2.05, 4.69) is 17.1 Å². The van der Waals surface area contributed by atoms with Crippen molar-refractivity contribution in [1.82, 2.24) is 4.98 Å². The van der Waals surface area contributed by atoms with Crippen molar-refractivity contribution in [3.05, 3.63) is 77.1 Å². The molecule has 0 aliphatic heterocycles. The van der Waals surface area contributed by atoms with Gasteiger partial charge in [0.1, 0.15) is 11.7 Å². The number of nitrogens with zero attached hydrogens (tertiary/aromatic N) is 2. The second-order valence-electron chi connectivity index (χ2n) is 6.26. The molecule has 0 spiro atoms. The highest BCUT2D eigenvalue weighted by atomic mass is 16.5. The Morgan fingerprint density at radius 3 is 2.65 bits per heavy atom. The molecule has 0 saturated carbocycles. The van der Waals surface area contributed by atoms with Crippen LogP contribution in [0.2, 0.25) is 0 Å². The number of benzene rings is 1. The van der Waals surface area contributed by atoms with Crippen molar-refractivity contribution in [2.24, 2.45) is 5.92 Å². The molecule has 26 heavy (non-hydrogen) atoms. The van der Waals surface area contributed by atoms with E-state index in [0.29, 0.717) is 5.57 Å². The van der Waals surface area contributed by atoms with Crippen molar-refractivity contribution >= 4 is 11.4 Å². The van der Waals surface area contributed by atoms with Crippen LogP contribution in [0.1, 0.15) is 24.5 Å². The predicted octanol–water partition coefficient (Wildman–Crippen LogP) is 4.15. The van der Waals surface area contributed by atoms with Crippen LogP contribution in [0.15, 0.2) is 66.0 Å². The summed E-state index contributed by atoms with van der Waals surface area (Å²) in [6, 6.07) is 13.8. The zero-order valence-corrected chi connectivity index (χ0v) is 14.9. The van der Waals surface area contributed by atoms with Crippen molar-refractivity contribution in [2.45, 2.75) is 19.8 Å². The number of hydrogen-bond acceptors (Lipinski definition) is 4. The van der Waals surface area contributed by atoms with Gasteiger partial charge in [0.15, 0.2) is 5.78 Å². The molecule has 1 atom stereocenters. The van der Waals surface area contributed by atoms with Gasteiger partial charge in [-0.05, 0) is 71.9 Å². The van der Waals surface area contributed by atoms with E-state index in [4.69, 9.17) is 4.74 Å². The first kappa shape index (κ1) is 17.6. The lowest BCUT2D eigenvalue weighted by atomic mass is 9.79. The van der Waals surface area contributed by atoms with Crippen molar-refractivity contribution < 1.29 is 9.53 Å². The van der Waals surface area contributed by atoms with Gasteiger partial charge in [0.25, 0.3) is 0 Å². The monoisotopic (exact) mass is 344 g/mol. The minimum absolute atomic E-state index is 0.109. The number of allylic oxidation sites excluding steroid dienone is 4. The second kappa shape index (κ2) is 7.79. The van der Waals surface area contributed by atoms with E-state index in [1.54, 1.807) is 19.5 Å². The third kappa shape index (κ3) is 3.57. The average molecular weight is 344 g/mol. The molecular formula is C22H20N2O2. The Labute approximate surface area is 153 Å². The number of ketones is 1. The fraction of sp³-hybridized carbons (Fsp3) is 0.227. The molecule has 1 aromatic carbocycles. The number of aryl methyl sites for hydroxylation is 1. The van der Waals surface area contributed by atoms with Crippen molar-refractivity contribution in [3.63, 3.8) is 0 Å². The number of ether oxygens (including phenoxy) is 1. The fourth-order valence-electron chi connectivity index (χ4n) is 3.18. The molecule has 0 saturated heterocycles. The van der Waals surface area contributed by atoms with Crippen molar-refractivity contribution in [1.29, 1.82) is 5.26 Å². The van der Waals surface area contributed by atoms with Crippen LogP contribution >= 0.6 is 0 Å². The molecule has 1 aliphatic carbocycles. The molecule has 4 heteroatoms. The van der Waals surface area contributed by atoms with Crippen LogP contribution in [0.3, 0.4) is 0 Å². The van der Waals surface area contributed by atoms with E-state index in [9.17, 15) is 10.1 Å². The maximum atomic E-state index is 12.7. The van der Waals surface area contributed by atoms with Crippen LogP contribution in [-0.4, -0.2) is 17.9 Å². The SMILES string of the molecule is COc1cccc(CCC2=C(C)C(=O)C(C#N)C(c3ccncc3)=C2)c1. The fourth-order valence-corrected chi connectivity index (χ4v) is 3.18. The minimum Gasteiger partial charge on any atom is -0.497 e. The van der Waals surface area contributed by atoms with E-state index in [1.165, 1.54) is 0 Å². The number of rotatable bonds is 5. The third-order valence-corrected chi connectivity index (χ3v) is 4.71. The summed E-state index contributed by atoms with van der Waals surface area (Å²) >= 11 is 0. The van der Waals surface area contributed by atoms with Crippen LogP contribution in [-0.2, 0) is 11.2 Å². The molecular weight excluding hydrogens is 324 g/mol. The number of pyridine rings is 1. The van der Waals surface area contributed by atoms with Gasteiger partial charge in [-0.15, -0.1) is 0 Å². The molecule has 1 unspecified atom stereocenters. The van der Waals surface area contributed by atoms with E-state index in [-0.39, 0.29) is 5.78 Å². The lowest BCUT2D eigenvalue weighted by Gasteiger charge is -2.21. The number of Topliss-reactive ketones (excluding diaryl/α,β-unsaturated/α-hetero) is 1. The molecule has 0 radical (unpaired) electrons. The summed E-state index contributed by atoms with van der Waals surface area (Å²) in [5, 5.41) is 9.50. The standard InChI is InChI=1S/C22H20N2O2/c1-15-18(7-6-16-4-3-5-19(12-16)26-2)13-20(21(14-23)22(15)25)17-8-10-24-11-9-17/h3-5,8-13,21H,6-7H2,1-2H3. The molecule has 0 bridgehead atoms. The topological polar surface area (TPSA) is 63.0 Å². The largest absolute Gasteiger partial charge is 0.497 e. The molecule has 0 amide bonds. The van der Waals surface area contributed by atoms with Gasteiger partial charge < -0.3 is 4.74 Å². The zero-order valence-electron chi connectivity index (χ0n) is 14.9. The molecule has 1 heterocycles. The van der Waals surface area contributed by atoms with Gasteiger partial charge in [0, 0.05) is 12.4 Å². The first-order valence-corrected chi connectivity index (χ1v) is 8.52. The summed E-state index contributed by atoms with van der Waals surface area (Å²) in [4.78, 5) is 16.7. The van der Waals surface area contributed by atoms with E-state index in [0.717, 1.165) is 40.9 Å². The Hall–Kier alpha value is -3.19. The van der Waals surface area contributed by atoms with Crippen molar-refractivity contribution in [3.8, 4) is 11.8 Å². The predicted molar refractivity (Wildman–Crippen MR) is 100 cm³/mol. The number of aromatic nitrogens is 1. The highest BCUT2D eigenvalue weighted by Gasteiger charge is 2.30. The Balaban J connectivity index is 1.90. The third-order valence-electron chi connectivity index (χ3n) is 4.71. The van der Waals surface area contributed by atoms with Crippen LogP contribution in [0, 0.1) is 17.2 Å². The van der Waals surface area contributed by atoms with Crippen LogP contribution in [0.5, 0.6) is 5.75 Å². The Bertz CT molecular complexity index is 921. The smallest absolute Gasteiger partial charge is 0.180 e. The minimum atomic E-state index is -0.752. The molecule has 0 fully saturated rings. The highest BCUT2D eigenvalue weighted by molar-refractivity contribution is 6.09. The van der Waals surface area contributed by atoms with Crippen LogP contribution in [0.25, 0.3) is 5.57 Å². The van der Waals surface area contributed by atoms with Gasteiger partial charge >= 0.3 is 0 Å². The Morgan fingerprint density at radius 2 is 1.96 bits per heavy atom. The number of carbonyl (C=O) groups excluding carboxylic acids is 1. The molecule has 4 nitrogen and oxygen atoms in total. The van der Waals surface area contributed by atoms with Crippen molar-refractivity contribution in [2.75, 3.05) is 7.11 Å². The maximum Gasteiger partial charge on any atom is 0.180 e. The van der Waals surface area contributed by atoms with Gasteiger partial charge in [-0.1, -0.05) is 18.2 Å². The summed E-state index contributed by atoms with van der Waals surface area (Å²) in [6.07, 6.45) is 6.89. The van der Waals surface area contributed by atoms with Crippen LogP contribution in [0.4, 0.5) is 0 Å².